The summed E-state index contributed by atoms with van der Waals surface area (Å²) in [5.41, 5.74) is 1.12. The number of nitrogens with zero attached hydrogens (tertiary/aromatic N) is 2. The van der Waals surface area contributed by atoms with Gasteiger partial charge in [0.15, 0.2) is 5.96 Å². The smallest absolute Gasteiger partial charge is 0.191 e. The molecule has 0 radical (unpaired) electrons. The monoisotopic (exact) mass is 378 g/mol. The second-order valence-corrected chi connectivity index (χ2v) is 6.46. The van der Waals surface area contributed by atoms with Gasteiger partial charge in [0.1, 0.15) is 11.5 Å². The SMILES string of the molecule is CCNC(=NCCCOCC)NC1CCN(c2cc(OC)cc(OC)c2)C1. The van der Waals surface area contributed by atoms with E-state index >= 15 is 0 Å². The van der Waals surface area contributed by atoms with Crippen molar-refractivity contribution in [3.8, 4) is 11.5 Å². The van der Waals surface area contributed by atoms with Gasteiger partial charge in [0.2, 0.25) is 0 Å². The maximum atomic E-state index is 5.39. The van der Waals surface area contributed by atoms with Crippen molar-refractivity contribution in [2.24, 2.45) is 4.99 Å². The minimum absolute atomic E-state index is 0.354. The van der Waals surface area contributed by atoms with Gasteiger partial charge in [-0.3, -0.25) is 4.99 Å². The fourth-order valence-electron chi connectivity index (χ4n) is 3.10. The van der Waals surface area contributed by atoms with E-state index in [0.29, 0.717) is 6.04 Å². The number of nitrogens with one attached hydrogen (secondary N) is 2. The summed E-state index contributed by atoms with van der Waals surface area (Å²) >= 11 is 0. The van der Waals surface area contributed by atoms with Crippen LogP contribution in [0.15, 0.2) is 23.2 Å². The summed E-state index contributed by atoms with van der Waals surface area (Å²) in [5, 5.41) is 6.89. The van der Waals surface area contributed by atoms with Crippen LogP contribution in [0.2, 0.25) is 0 Å². The van der Waals surface area contributed by atoms with Crippen LogP contribution in [0.1, 0.15) is 26.7 Å². The summed E-state index contributed by atoms with van der Waals surface area (Å²) < 4.78 is 16.2. The fraction of sp³-hybridized carbons (Fsp3) is 0.650. The van der Waals surface area contributed by atoms with Crippen molar-refractivity contribution in [1.82, 2.24) is 10.6 Å². The first kappa shape index (κ1) is 21.2. The van der Waals surface area contributed by atoms with Crippen LogP contribution < -0.4 is 25.0 Å². The molecule has 0 amide bonds. The van der Waals surface area contributed by atoms with Gasteiger partial charge in [0.05, 0.1) is 14.2 Å². The van der Waals surface area contributed by atoms with Gasteiger partial charge in [-0.15, -0.1) is 0 Å². The van der Waals surface area contributed by atoms with Gasteiger partial charge in [-0.05, 0) is 26.7 Å². The van der Waals surface area contributed by atoms with Crippen LogP contribution >= 0.6 is 0 Å². The van der Waals surface area contributed by atoms with Crippen LogP contribution in [0.5, 0.6) is 11.5 Å². The van der Waals surface area contributed by atoms with Gasteiger partial charge in [0.25, 0.3) is 0 Å². The first-order valence-electron chi connectivity index (χ1n) is 9.80. The first-order chi connectivity index (χ1) is 13.2. The molecule has 1 aliphatic rings. The van der Waals surface area contributed by atoms with E-state index in [1.54, 1.807) is 14.2 Å². The molecule has 0 bridgehead atoms. The summed E-state index contributed by atoms with van der Waals surface area (Å²) in [4.78, 5) is 7.01. The molecule has 1 aliphatic heterocycles. The van der Waals surface area contributed by atoms with E-state index in [2.05, 4.69) is 39.6 Å². The Bertz CT molecular complexity index is 572. The molecule has 7 nitrogen and oxygen atoms in total. The van der Waals surface area contributed by atoms with Gasteiger partial charge in [-0.25, -0.2) is 0 Å². The maximum absolute atomic E-state index is 5.39. The lowest BCUT2D eigenvalue weighted by Gasteiger charge is -2.21. The Morgan fingerprint density at radius 3 is 2.56 bits per heavy atom. The third-order valence-electron chi connectivity index (χ3n) is 4.50. The van der Waals surface area contributed by atoms with E-state index in [4.69, 9.17) is 14.2 Å². The van der Waals surface area contributed by atoms with Crippen LogP contribution in [0, 0.1) is 0 Å². The second kappa shape index (κ2) is 11.5. The predicted molar refractivity (Wildman–Crippen MR) is 110 cm³/mol. The Labute approximate surface area is 163 Å². The number of hydrogen-bond donors (Lipinski definition) is 2. The Kier molecular flexibility index (Phi) is 9.04. The molecule has 27 heavy (non-hydrogen) atoms. The average Bonchev–Trinajstić information content (AvgIpc) is 3.16. The van der Waals surface area contributed by atoms with Crippen LogP contribution in [0.4, 0.5) is 5.69 Å². The summed E-state index contributed by atoms with van der Waals surface area (Å²) in [5.74, 6) is 2.50. The highest BCUT2D eigenvalue weighted by Gasteiger charge is 2.24. The number of guanidine groups is 1. The zero-order valence-corrected chi connectivity index (χ0v) is 17.1. The zero-order valence-electron chi connectivity index (χ0n) is 17.1. The quantitative estimate of drug-likeness (QED) is 0.370. The molecule has 1 atom stereocenters. The molecule has 1 aromatic carbocycles. The van der Waals surface area contributed by atoms with Crippen molar-refractivity contribution in [2.45, 2.75) is 32.7 Å². The molecule has 1 unspecified atom stereocenters. The molecular formula is C20H34N4O3. The van der Waals surface area contributed by atoms with E-state index in [1.807, 2.05) is 13.0 Å². The second-order valence-electron chi connectivity index (χ2n) is 6.46. The number of methoxy groups -OCH3 is 2. The van der Waals surface area contributed by atoms with E-state index in [9.17, 15) is 0 Å². The van der Waals surface area contributed by atoms with E-state index in [-0.39, 0.29) is 0 Å². The highest BCUT2D eigenvalue weighted by molar-refractivity contribution is 5.80. The minimum atomic E-state index is 0.354. The van der Waals surface area contributed by atoms with Gasteiger partial charge in [0, 0.05) is 69.3 Å². The normalized spacial score (nSPS) is 17.1. The highest BCUT2D eigenvalue weighted by Crippen LogP contribution is 2.30. The first-order valence-corrected chi connectivity index (χ1v) is 9.80. The van der Waals surface area contributed by atoms with Crippen molar-refractivity contribution in [2.75, 3.05) is 58.5 Å². The number of aliphatic imine (C=N–C) groups is 1. The molecule has 1 fully saturated rings. The van der Waals surface area contributed by atoms with Crippen molar-refractivity contribution >= 4 is 11.6 Å². The Morgan fingerprint density at radius 1 is 1.19 bits per heavy atom. The standard InChI is InChI=1S/C20H34N4O3/c1-5-21-20(22-9-7-11-27-6-2)23-16-8-10-24(15-16)17-12-18(25-3)14-19(13-17)26-4/h12-14,16H,5-11,15H2,1-4H3,(H2,21,22,23). The molecular weight excluding hydrogens is 344 g/mol. The predicted octanol–water partition coefficient (Wildman–Crippen LogP) is 2.26. The molecule has 2 N–H and O–H groups in total. The molecule has 7 heteroatoms. The molecule has 0 spiro atoms. The minimum Gasteiger partial charge on any atom is -0.497 e. The zero-order chi connectivity index (χ0) is 19.5. The highest BCUT2D eigenvalue weighted by atomic mass is 16.5. The number of rotatable bonds is 10. The lowest BCUT2D eigenvalue weighted by Crippen LogP contribution is -2.44. The fourth-order valence-corrected chi connectivity index (χ4v) is 3.10. The lowest BCUT2D eigenvalue weighted by atomic mass is 10.2. The maximum Gasteiger partial charge on any atom is 0.191 e. The van der Waals surface area contributed by atoms with Gasteiger partial charge in [-0.1, -0.05) is 0 Å². The molecule has 1 saturated heterocycles. The number of ether oxygens (including phenoxy) is 3. The Balaban J connectivity index is 1.92. The topological polar surface area (TPSA) is 67.4 Å². The third-order valence-corrected chi connectivity index (χ3v) is 4.50. The van der Waals surface area contributed by atoms with Crippen LogP contribution in [0.25, 0.3) is 0 Å². The van der Waals surface area contributed by atoms with Crippen molar-refractivity contribution in [3.05, 3.63) is 18.2 Å². The Hall–Kier alpha value is -2.15. The van der Waals surface area contributed by atoms with E-state index in [1.165, 1.54) is 0 Å². The molecule has 1 aromatic rings. The summed E-state index contributed by atoms with van der Waals surface area (Å²) in [6.07, 6.45) is 1.99. The van der Waals surface area contributed by atoms with Crippen LogP contribution in [-0.2, 0) is 4.74 Å². The van der Waals surface area contributed by atoms with Crippen molar-refractivity contribution in [3.63, 3.8) is 0 Å². The summed E-state index contributed by atoms with van der Waals surface area (Å²) in [6, 6.07) is 6.36. The number of hydrogen-bond acceptors (Lipinski definition) is 5. The lowest BCUT2D eigenvalue weighted by molar-refractivity contribution is 0.146. The third kappa shape index (κ3) is 6.82. The Morgan fingerprint density at radius 2 is 1.93 bits per heavy atom. The van der Waals surface area contributed by atoms with Crippen LogP contribution in [-0.4, -0.2) is 65.6 Å². The molecule has 0 aliphatic carbocycles. The van der Waals surface area contributed by atoms with Gasteiger partial charge < -0.3 is 29.7 Å². The molecule has 0 saturated carbocycles. The van der Waals surface area contributed by atoms with Crippen LogP contribution in [0.3, 0.4) is 0 Å². The molecule has 0 aromatic heterocycles. The van der Waals surface area contributed by atoms with Crippen molar-refractivity contribution in [1.29, 1.82) is 0 Å². The van der Waals surface area contributed by atoms with Crippen molar-refractivity contribution < 1.29 is 14.2 Å². The number of anilines is 1. The molecule has 1 heterocycles. The van der Waals surface area contributed by atoms with Gasteiger partial charge >= 0.3 is 0 Å². The average molecular weight is 379 g/mol. The molecule has 2 rings (SSSR count). The number of benzene rings is 1. The van der Waals surface area contributed by atoms with E-state index < -0.39 is 0 Å². The summed E-state index contributed by atoms with van der Waals surface area (Å²) in [6.45, 7) is 9.12. The van der Waals surface area contributed by atoms with Gasteiger partial charge in [-0.2, -0.15) is 0 Å². The summed E-state index contributed by atoms with van der Waals surface area (Å²) in [7, 11) is 3.36. The molecule has 152 valence electrons. The van der Waals surface area contributed by atoms with E-state index in [0.717, 1.165) is 75.4 Å². The largest absolute Gasteiger partial charge is 0.497 e.